The fourth-order valence-electron chi connectivity index (χ4n) is 3.73. The van der Waals surface area contributed by atoms with E-state index in [9.17, 15) is 9.59 Å². The number of carbonyl (C=O) groups is 2. The predicted octanol–water partition coefficient (Wildman–Crippen LogP) is 4.37. The van der Waals surface area contributed by atoms with Crippen molar-refractivity contribution in [3.63, 3.8) is 0 Å². The molecule has 1 aliphatic carbocycles. The summed E-state index contributed by atoms with van der Waals surface area (Å²) in [5.41, 5.74) is 5.06. The number of hydrogen-bond acceptors (Lipinski definition) is 4. The van der Waals surface area contributed by atoms with Crippen molar-refractivity contribution >= 4 is 22.7 Å². The Hall–Kier alpha value is -3.14. The van der Waals surface area contributed by atoms with Crippen LogP contribution >= 0.6 is 0 Å². The van der Waals surface area contributed by atoms with Gasteiger partial charge in [-0.15, -0.1) is 0 Å². The zero-order chi connectivity index (χ0) is 17.7. The molecule has 0 heterocycles. The summed E-state index contributed by atoms with van der Waals surface area (Å²) in [6, 6.07) is 13.9. The van der Waals surface area contributed by atoms with Crippen LogP contribution in [-0.2, 0) is 9.47 Å². The molecule has 0 unspecified atom stereocenters. The van der Waals surface area contributed by atoms with Crippen LogP contribution in [0.25, 0.3) is 33.0 Å². The van der Waals surface area contributed by atoms with Crippen molar-refractivity contribution in [3.8, 4) is 22.3 Å². The van der Waals surface area contributed by atoms with E-state index in [1.165, 1.54) is 14.2 Å². The van der Waals surface area contributed by atoms with E-state index in [4.69, 9.17) is 9.47 Å². The molecular formula is C21H16O4. The molecule has 3 aromatic carbocycles. The van der Waals surface area contributed by atoms with Gasteiger partial charge in [0.15, 0.2) is 0 Å². The molecule has 3 aromatic rings. The molecule has 4 nitrogen and oxygen atoms in total. The molecule has 0 bridgehead atoms. The van der Waals surface area contributed by atoms with Gasteiger partial charge in [-0.1, -0.05) is 36.4 Å². The van der Waals surface area contributed by atoms with Gasteiger partial charge in [-0.2, -0.15) is 0 Å². The molecule has 0 saturated carbocycles. The second-order valence-electron chi connectivity index (χ2n) is 6.04. The minimum atomic E-state index is -0.464. The highest BCUT2D eigenvalue weighted by atomic mass is 16.5. The van der Waals surface area contributed by atoms with Crippen LogP contribution in [0.15, 0.2) is 42.5 Å². The number of fused-ring (bicyclic) bond motifs is 3. The lowest BCUT2D eigenvalue weighted by Crippen LogP contribution is -2.12. The Morgan fingerprint density at radius 1 is 0.840 bits per heavy atom. The van der Waals surface area contributed by atoms with E-state index < -0.39 is 11.9 Å². The Bertz CT molecular complexity index is 1060. The van der Waals surface area contributed by atoms with Crippen molar-refractivity contribution in [2.24, 2.45) is 0 Å². The van der Waals surface area contributed by atoms with Crippen molar-refractivity contribution in [3.05, 3.63) is 59.2 Å². The lowest BCUT2D eigenvalue weighted by Gasteiger charge is -2.15. The molecule has 1 aliphatic rings. The largest absolute Gasteiger partial charge is 0.465 e. The zero-order valence-corrected chi connectivity index (χ0v) is 14.2. The topological polar surface area (TPSA) is 52.6 Å². The van der Waals surface area contributed by atoms with E-state index in [1.54, 1.807) is 6.92 Å². The minimum absolute atomic E-state index is 0.381. The molecule has 0 spiro atoms. The molecule has 0 aliphatic heterocycles. The van der Waals surface area contributed by atoms with E-state index in [2.05, 4.69) is 0 Å². The Kier molecular flexibility index (Phi) is 3.35. The number of ether oxygens (including phenoxy) is 2. The van der Waals surface area contributed by atoms with Gasteiger partial charge in [0.1, 0.15) is 0 Å². The summed E-state index contributed by atoms with van der Waals surface area (Å²) in [6.45, 7) is 1.75. The molecule has 4 heteroatoms. The van der Waals surface area contributed by atoms with E-state index in [0.717, 1.165) is 33.0 Å². The average Bonchev–Trinajstić information content (AvgIpc) is 2.96. The third kappa shape index (κ3) is 2.00. The van der Waals surface area contributed by atoms with Crippen LogP contribution in [0.5, 0.6) is 0 Å². The molecular weight excluding hydrogens is 316 g/mol. The summed E-state index contributed by atoms with van der Waals surface area (Å²) in [5, 5.41) is 2.19. The van der Waals surface area contributed by atoms with Crippen LogP contribution in [0.4, 0.5) is 0 Å². The fourth-order valence-corrected chi connectivity index (χ4v) is 3.73. The molecule has 4 rings (SSSR count). The highest BCUT2D eigenvalue weighted by Crippen LogP contribution is 2.50. The van der Waals surface area contributed by atoms with Crippen molar-refractivity contribution in [2.75, 3.05) is 14.2 Å². The SMILES string of the molecule is COC(=O)c1cc2c(c(C(=O)OC)c1C)-c1cccc3cccc-2c13. The zero-order valence-electron chi connectivity index (χ0n) is 14.2. The number of rotatable bonds is 2. The number of methoxy groups -OCH3 is 2. The smallest absolute Gasteiger partial charge is 0.338 e. The predicted molar refractivity (Wildman–Crippen MR) is 95.8 cm³/mol. The summed E-state index contributed by atoms with van der Waals surface area (Å²) >= 11 is 0. The quantitative estimate of drug-likeness (QED) is 0.512. The number of hydrogen-bond donors (Lipinski definition) is 0. The van der Waals surface area contributed by atoms with E-state index in [0.29, 0.717) is 16.7 Å². The van der Waals surface area contributed by atoms with E-state index in [1.807, 2.05) is 42.5 Å². The summed E-state index contributed by atoms with van der Waals surface area (Å²) in [7, 11) is 2.68. The van der Waals surface area contributed by atoms with Gasteiger partial charge in [-0.25, -0.2) is 9.59 Å². The van der Waals surface area contributed by atoms with Gasteiger partial charge in [-0.3, -0.25) is 0 Å². The maximum Gasteiger partial charge on any atom is 0.338 e. The third-order valence-corrected chi connectivity index (χ3v) is 4.85. The van der Waals surface area contributed by atoms with Crippen LogP contribution < -0.4 is 0 Å². The molecule has 0 aromatic heterocycles. The first-order valence-electron chi connectivity index (χ1n) is 7.95. The first-order valence-corrected chi connectivity index (χ1v) is 7.95. The number of carbonyl (C=O) groups excluding carboxylic acids is 2. The molecule has 0 radical (unpaired) electrons. The first kappa shape index (κ1) is 15.4. The lowest BCUT2D eigenvalue weighted by molar-refractivity contribution is 0.0598. The number of benzene rings is 3. The van der Waals surface area contributed by atoms with Crippen molar-refractivity contribution in [1.29, 1.82) is 0 Å². The number of esters is 2. The van der Waals surface area contributed by atoms with Gasteiger partial charge in [0.25, 0.3) is 0 Å². The second kappa shape index (κ2) is 5.45. The van der Waals surface area contributed by atoms with Gasteiger partial charge < -0.3 is 9.47 Å². The van der Waals surface area contributed by atoms with Crippen LogP contribution in [0, 0.1) is 6.92 Å². The summed E-state index contributed by atoms with van der Waals surface area (Å²) in [4.78, 5) is 24.8. The van der Waals surface area contributed by atoms with E-state index in [-0.39, 0.29) is 0 Å². The van der Waals surface area contributed by atoms with E-state index >= 15 is 0 Å². The lowest BCUT2D eigenvalue weighted by atomic mass is 9.90. The average molecular weight is 332 g/mol. The van der Waals surface area contributed by atoms with Gasteiger partial charge in [0.05, 0.1) is 25.3 Å². The van der Waals surface area contributed by atoms with Crippen LogP contribution in [-0.4, -0.2) is 26.2 Å². The minimum Gasteiger partial charge on any atom is -0.465 e. The Labute approximate surface area is 145 Å². The molecule has 0 atom stereocenters. The van der Waals surface area contributed by atoms with Crippen LogP contribution in [0.2, 0.25) is 0 Å². The second-order valence-corrected chi connectivity index (χ2v) is 6.04. The summed E-state index contributed by atoms with van der Waals surface area (Å²) in [5.74, 6) is -0.919. The van der Waals surface area contributed by atoms with Crippen molar-refractivity contribution in [2.45, 2.75) is 6.92 Å². The van der Waals surface area contributed by atoms with Gasteiger partial charge in [0.2, 0.25) is 0 Å². The Balaban J connectivity index is 2.18. The first-order chi connectivity index (χ1) is 12.1. The maximum atomic E-state index is 12.6. The molecule has 0 fully saturated rings. The van der Waals surface area contributed by atoms with Gasteiger partial charge >= 0.3 is 11.9 Å². The highest BCUT2D eigenvalue weighted by Gasteiger charge is 2.31. The third-order valence-electron chi connectivity index (χ3n) is 4.85. The monoisotopic (exact) mass is 332 g/mol. The maximum absolute atomic E-state index is 12.6. The molecule has 0 amide bonds. The summed E-state index contributed by atoms with van der Waals surface area (Å²) in [6.07, 6.45) is 0. The standard InChI is InChI=1S/C21H16O4/c1-11-15(20(22)24-2)10-16-13-8-4-6-12-7-5-9-14(18(12)13)19(16)17(11)21(23)25-3/h4-10H,1-3H3. The fraction of sp³-hybridized carbons (Fsp3) is 0.143. The molecule has 124 valence electrons. The Morgan fingerprint density at radius 3 is 2.12 bits per heavy atom. The molecule has 0 N–H and O–H groups in total. The van der Waals surface area contributed by atoms with Crippen LogP contribution in [0.1, 0.15) is 26.3 Å². The summed E-state index contributed by atoms with van der Waals surface area (Å²) < 4.78 is 9.92. The van der Waals surface area contributed by atoms with Crippen LogP contribution in [0.3, 0.4) is 0 Å². The molecule has 0 saturated heterocycles. The Morgan fingerprint density at radius 2 is 1.48 bits per heavy atom. The normalized spacial score (nSPS) is 11.3. The van der Waals surface area contributed by atoms with Gasteiger partial charge in [-0.05, 0) is 46.0 Å². The highest BCUT2D eigenvalue weighted by molar-refractivity contribution is 6.20. The van der Waals surface area contributed by atoms with Crippen molar-refractivity contribution in [1.82, 2.24) is 0 Å². The molecule has 25 heavy (non-hydrogen) atoms. The van der Waals surface area contributed by atoms with Gasteiger partial charge in [0, 0.05) is 5.56 Å². The van der Waals surface area contributed by atoms with Crippen molar-refractivity contribution < 1.29 is 19.1 Å².